The van der Waals surface area contributed by atoms with Gasteiger partial charge in [-0.1, -0.05) is 11.3 Å². The van der Waals surface area contributed by atoms with Gasteiger partial charge in [-0.3, -0.25) is 0 Å². The summed E-state index contributed by atoms with van der Waals surface area (Å²) >= 11 is 4.75. The molecule has 0 unspecified atom stereocenters. The van der Waals surface area contributed by atoms with Gasteiger partial charge in [-0.05, 0) is 0 Å². The number of halogens is 1. The van der Waals surface area contributed by atoms with Gasteiger partial charge in [0, 0.05) is 0 Å². The first-order valence-electron chi connectivity index (χ1n) is 1.59. The molecule has 0 aliphatic heterocycles. The highest BCUT2D eigenvalue weighted by Crippen LogP contribution is 2.13. The largest absolute Gasteiger partial charge is 0.269 e. The molecule has 0 aliphatic rings. The van der Waals surface area contributed by atoms with Crippen LogP contribution in [0.3, 0.4) is 0 Å². The molecule has 4 heteroatoms. The van der Waals surface area contributed by atoms with Crippen molar-refractivity contribution in [1.29, 1.82) is 0 Å². The van der Waals surface area contributed by atoms with Crippen LogP contribution in [0.25, 0.3) is 0 Å². The lowest BCUT2D eigenvalue weighted by atomic mass is 11.0. The van der Waals surface area contributed by atoms with Crippen LogP contribution in [0.2, 0.25) is 0 Å². The zero-order chi connectivity index (χ0) is 5.28. The SMILES string of the molecule is Fc1ncc(S)s1. The maximum Gasteiger partial charge on any atom is 0.269 e. The van der Waals surface area contributed by atoms with Crippen molar-refractivity contribution in [3.05, 3.63) is 11.5 Å². The number of thiol groups is 1. The van der Waals surface area contributed by atoms with E-state index in [9.17, 15) is 4.39 Å². The van der Waals surface area contributed by atoms with Crippen molar-refractivity contribution in [1.82, 2.24) is 4.98 Å². The van der Waals surface area contributed by atoms with Crippen LogP contribution in [0, 0.1) is 5.26 Å². The molecule has 1 heterocycles. The van der Waals surface area contributed by atoms with Crippen LogP contribution in [-0.4, -0.2) is 4.98 Å². The van der Waals surface area contributed by atoms with Gasteiger partial charge in [0.1, 0.15) is 0 Å². The molecule has 1 nitrogen and oxygen atoms in total. The summed E-state index contributed by atoms with van der Waals surface area (Å²) in [5.41, 5.74) is 0. The van der Waals surface area contributed by atoms with Crippen LogP contribution >= 0.6 is 24.0 Å². The second-order valence-corrected chi connectivity index (χ2v) is 2.72. The summed E-state index contributed by atoms with van der Waals surface area (Å²) in [6.45, 7) is 0. The Morgan fingerprint density at radius 1 is 1.86 bits per heavy atom. The zero-order valence-electron chi connectivity index (χ0n) is 3.26. The van der Waals surface area contributed by atoms with E-state index in [0.29, 0.717) is 4.21 Å². The second kappa shape index (κ2) is 1.79. The molecule has 0 aliphatic carbocycles. The summed E-state index contributed by atoms with van der Waals surface area (Å²) in [7, 11) is 0. The van der Waals surface area contributed by atoms with Crippen LogP contribution in [0.15, 0.2) is 10.4 Å². The Kier molecular flexibility index (Phi) is 1.30. The lowest BCUT2D eigenvalue weighted by Gasteiger charge is -1.64. The summed E-state index contributed by atoms with van der Waals surface area (Å²) in [5, 5.41) is -0.426. The Balaban J connectivity index is 3.04. The average molecular weight is 135 g/mol. The molecule has 0 radical (unpaired) electrons. The molecule has 0 fully saturated rings. The third kappa shape index (κ3) is 1.14. The van der Waals surface area contributed by atoms with E-state index in [1.54, 1.807) is 0 Å². The maximum atomic E-state index is 11.8. The number of aromatic nitrogens is 1. The molecule has 0 amide bonds. The van der Waals surface area contributed by atoms with Crippen molar-refractivity contribution in [2.45, 2.75) is 4.21 Å². The molecule has 0 saturated carbocycles. The minimum absolute atomic E-state index is 0.426. The third-order valence-electron chi connectivity index (χ3n) is 0.465. The van der Waals surface area contributed by atoms with Gasteiger partial charge in [0.15, 0.2) is 0 Å². The summed E-state index contributed by atoms with van der Waals surface area (Å²) in [6, 6.07) is 0. The third-order valence-corrected chi connectivity index (χ3v) is 1.44. The van der Waals surface area contributed by atoms with E-state index in [-0.39, 0.29) is 0 Å². The van der Waals surface area contributed by atoms with Crippen molar-refractivity contribution < 1.29 is 4.39 Å². The topological polar surface area (TPSA) is 12.9 Å². The number of hydrogen-bond acceptors (Lipinski definition) is 3. The van der Waals surface area contributed by atoms with Crippen LogP contribution < -0.4 is 0 Å². The van der Waals surface area contributed by atoms with Crippen molar-refractivity contribution in [3.63, 3.8) is 0 Å². The normalized spacial score (nSPS) is 9.43. The quantitative estimate of drug-likeness (QED) is 0.533. The lowest BCUT2D eigenvalue weighted by molar-refractivity contribution is 0.617. The van der Waals surface area contributed by atoms with Gasteiger partial charge in [-0.15, -0.1) is 12.6 Å². The van der Waals surface area contributed by atoms with E-state index in [2.05, 4.69) is 17.6 Å². The van der Waals surface area contributed by atoms with Crippen LogP contribution in [0.5, 0.6) is 0 Å². The average Bonchev–Trinajstić information content (AvgIpc) is 1.87. The highest BCUT2D eigenvalue weighted by atomic mass is 32.2. The molecule has 1 aromatic rings. The molecule has 0 aromatic carbocycles. The molecule has 7 heavy (non-hydrogen) atoms. The van der Waals surface area contributed by atoms with E-state index in [1.165, 1.54) is 6.20 Å². The van der Waals surface area contributed by atoms with E-state index < -0.39 is 5.26 Å². The second-order valence-electron chi connectivity index (χ2n) is 0.951. The highest BCUT2D eigenvalue weighted by Gasteiger charge is 1.91. The van der Waals surface area contributed by atoms with E-state index in [0.717, 1.165) is 11.3 Å². The Labute approximate surface area is 49.6 Å². The first-order chi connectivity index (χ1) is 3.29. The number of nitrogens with zero attached hydrogens (tertiary/aromatic N) is 1. The monoisotopic (exact) mass is 135 g/mol. The fraction of sp³-hybridized carbons (Fsp3) is 0. The Morgan fingerprint density at radius 2 is 2.57 bits per heavy atom. The van der Waals surface area contributed by atoms with E-state index >= 15 is 0 Å². The predicted octanol–water partition coefficient (Wildman–Crippen LogP) is 1.57. The van der Waals surface area contributed by atoms with E-state index in [1.807, 2.05) is 0 Å². The molecule has 0 saturated heterocycles. The number of rotatable bonds is 0. The van der Waals surface area contributed by atoms with E-state index in [4.69, 9.17) is 0 Å². The van der Waals surface area contributed by atoms with Crippen molar-refractivity contribution in [3.8, 4) is 0 Å². The molecule has 0 atom stereocenters. The van der Waals surface area contributed by atoms with Crippen molar-refractivity contribution in [2.75, 3.05) is 0 Å². The molecular formula is C3H2FNS2. The smallest absolute Gasteiger partial charge is 0.217 e. The minimum Gasteiger partial charge on any atom is -0.217 e. The van der Waals surface area contributed by atoms with Crippen molar-refractivity contribution in [2.24, 2.45) is 0 Å². The molecule has 1 rings (SSSR count). The van der Waals surface area contributed by atoms with Gasteiger partial charge in [-0.25, -0.2) is 4.98 Å². The summed E-state index contributed by atoms with van der Waals surface area (Å²) < 4.78 is 12.4. The number of thiazole rings is 1. The van der Waals surface area contributed by atoms with Gasteiger partial charge in [0.2, 0.25) is 0 Å². The lowest BCUT2D eigenvalue weighted by Crippen LogP contribution is -1.58. The van der Waals surface area contributed by atoms with Gasteiger partial charge in [0.05, 0.1) is 10.4 Å². The maximum absolute atomic E-state index is 11.8. The fourth-order valence-electron chi connectivity index (χ4n) is 0.245. The van der Waals surface area contributed by atoms with Crippen LogP contribution in [0.4, 0.5) is 4.39 Å². The fourth-order valence-corrected chi connectivity index (χ4v) is 0.912. The van der Waals surface area contributed by atoms with Crippen molar-refractivity contribution >= 4 is 24.0 Å². The highest BCUT2D eigenvalue weighted by molar-refractivity contribution is 7.82. The van der Waals surface area contributed by atoms with Gasteiger partial charge >= 0.3 is 0 Å². The first-order valence-corrected chi connectivity index (χ1v) is 2.86. The Morgan fingerprint density at radius 3 is 2.71 bits per heavy atom. The molecule has 0 N–H and O–H groups in total. The zero-order valence-corrected chi connectivity index (χ0v) is 4.97. The summed E-state index contributed by atoms with van der Waals surface area (Å²) in [6.07, 6.45) is 1.38. The van der Waals surface area contributed by atoms with Crippen LogP contribution in [0.1, 0.15) is 0 Å². The van der Waals surface area contributed by atoms with Gasteiger partial charge in [-0.2, -0.15) is 4.39 Å². The first kappa shape index (κ1) is 5.05. The molecular weight excluding hydrogens is 133 g/mol. The molecule has 0 spiro atoms. The summed E-state index contributed by atoms with van der Waals surface area (Å²) in [4.78, 5) is 3.29. The van der Waals surface area contributed by atoms with Gasteiger partial charge in [0.25, 0.3) is 5.26 Å². The summed E-state index contributed by atoms with van der Waals surface area (Å²) in [5.74, 6) is 0. The molecule has 0 bridgehead atoms. The molecule has 1 aromatic heterocycles. The Bertz CT molecular complexity index is 145. The minimum atomic E-state index is -0.426. The molecule has 38 valence electrons. The van der Waals surface area contributed by atoms with Gasteiger partial charge < -0.3 is 0 Å². The standard InChI is InChI=1S/C3H2FNS2/c4-3-5-1-2(6)7-3/h1,6H. The predicted molar refractivity (Wildman–Crippen MR) is 29.3 cm³/mol. The Hall–Kier alpha value is -0.0900. The number of hydrogen-bond donors (Lipinski definition) is 1. The van der Waals surface area contributed by atoms with Crippen LogP contribution in [-0.2, 0) is 0 Å².